The Morgan fingerprint density at radius 2 is 2.00 bits per heavy atom. The summed E-state index contributed by atoms with van der Waals surface area (Å²) in [5.74, 6) is -0.170. The monoisotopic (exact) mass is 337 g/mol. The highest BCUT2D eigenvalue weighted by molar-refractivity contribution is 5.76. The van der Waals surface area contributed by atoms with Gasteiger partial charge in [0.05, 0.1) is 0 Å². The van der Waals surface area contributed by atoms with Crippen molar-refractivity contribution in [3.63, 3.8) is 0 Å². The van der Waals surface area contributed by atoms with E-state index in [1.54, 1.807) is 49.7 Å². The molecule has 3 N–H and O–H groups in total. The third kappa shape index (κ3) is 8.11. The molecule has 0 saturated heterocycles. The molecule has 132 valence electrons. The molecule has 1 aromatic rings. The van der Waals surface area contributed by atoms with Gasteiger partial charge in [-0.1, -0.05) is 5.16 Å². The van der Waals surface area contributed by atoms with Gasteiger partial charge in [-0.05, 0) is 33.3 Å². The maximum atomic E-state index is 11.9. The number of hydrogen-bond acceptors (Lipinski definition) is 5. The van der Waals surface area contributed by atoms with Crippen LogP contribution in [0.3, 0.4) is 0 Å². The van der Waals surface area contributed by atoms with Crippen molar-refractivity contribution in [2.75, 3.05) is 13.1 Å². The summed E-state index contributed by atoms with van der Waals surface area (Å²) in [5, 5.41) is 17.0. The molecule has 8 nitrogen and oxygen atoms in total. The Morgan fingerprint density at radius 3 is 2.67 bits per heavy atom. The number of carbonyl (C=O) groups is 2. The smallest absolute Gasteiger partial charge is 0.407 e. The van der Waals surface area contributed by atoms with E-state index in [9.17, 15) is 9.59 Å². The molecule has 0 radical (unpaired) electrons. The van der Waals surface area contributed by atoms with Crippen molar-refractivity contribution in [3.8, 4) is 0 Å². The normalized spacial score (nSPS) is 11.3. The Bertz CT molecular complexity index is 582. The number of amides is 2. The van der Waals surface area contributed by atoms with Crippen molar-refractivity contribution in [3.05, 3.63) is 30.1 Å². The number of rotatable bonds is 7. The summed E-state index contributed by atoms with van der Waals surface area (Å²) < 4.78 is 6.77. The van der Waals surface area contributed by atoms with Crippen molar-refractivity contribution in [1.29, 1.82) is 0 Å². The Balaban J connectivity index is 2.27. The Kier molecular flexibility index (Phi) is 7.67. The van der Waals surface area contributed by atoms with Crippen LogP contribution in [0.15, 0.2) is 29.6 Å². The lowest BCUT2D eigenvalue weighted by molar-refractivity contribution is -0.685. The molecule has 0 aliphatic rings. The quantitative estimate of drug-likeness (QED) is 0.225. The molecule has 0 aliphatic heterocycles. The molecule has 1 heterocycles. The van der Waals surface area contributed by atoms with Gasteiger partial charge in [0.1, 0.15) is 11.8 Å². The van der Waals surface area contributed by atoms with Gasteiger partial charge in [0, 0.05) is 25.2 Å². The molecule has 0 spiro atoms. The summed E-state index contributed by atoms with van der Waals surface area (Å²) in [6.07, 6.45) is 3.11. The largest absolute Gasteiger partial charge is 0.444 e. The number of oxime groups is 1. The Hall–Kier alpha value is -2.64. The highest BCUT2D eigenvalue weighted by Gasteiger charge is 2.16. The highest BCUT2D eigenvalue weighted by Crippen LogP contribution is 2.06. The number of ether oxygens (including phenoxy) is 1. The number of carbonyl (C=O) groups excluding carboxylic acids is 2. The minimum absolute atomic E-state index is 0.113. The summed E-state index contributed by atoms with van der Waals surface area (Å²) in [4.78, 5) is 23.3. The van der Waals surface area contributed by atoms with Crippen LogP contribution in [0, 0.1) is 0 Å². The lowest BCUT2D eigenvalue weighted by atomic mass is 10.2. The minimum Gasteiger partial charge on any atom is -0.444 e. The van der Waals surface area contributed by atoms with Gasteiger partial charge in [0.15, 0.2) is 6.20 Å². The number of hydrogen-bond donors (Lipinski definition) is 3. The van der Waals surface area contributed by atoms with Gasteiger partial charge in [0.25, 0.3) is 5.91 Å². The van der Waals surface area contributed by atoms with Crippen molar-refractivity contribution in [2.24, 2.45) is 5.16 Å². The number of alkyl carbamates (subject to hydrolysis) is 1. The molecule has 24 heavy (non-hydrogen) atoms. The predicted octanol–water partition coefficient (Wildman–Crippen LogP) is 0.813. The van der Waals surface area contributed by atoms with Gasteiger partial charge in [-0.15, -0.1) is 0 Å². The van der Waals surface area contributed by atoms with Crippen molar-refractivity contribution < 1.29 is 24.1 Å². The fourth-order valence-corrected chi connectivity index (χ4v) is 1.84. The Morgan fingerprint density at radius 1 is 1.29 bits per heavy atom. The van der Waals surface area contributed by atoms with E-state index >= 15 is 0 Å². The molecule has 2 amide bonds. The second kappa shape index (κ2) is 9.49. The third-order valence-electron chi connectivity index (χ3n) is 2.82. The molecule has 0 saturated carbocycles. The van der Waals surface area contributed by atoms with E-state index in [-0.39, 0.29) is 12.5 Å². The van der Waals surface area contributed by atoms with E-state index < -0.39 is 11.7 Å². The molecule has 8 heteroatoms. The predicted molar refractivity (Wildman–Crippen MR) is 87.9 cm³/mol. The number of aromatic nitrogens is 1. The molecule has 0 unspecified atom stereocenters. The standard InChI is InChI=1S/C16H24N4O4/c1-16(2,3)24-15(22)18-9-6-8-17-14(21)12-20-10-5-4-7-13(20)11-19-23/h4-5,7,10-11H,6,8-9,12H2,1-3H3,(H2,17,18,21,22)/p+1. The van der Waals surface area contributed by atoms with Crippen LogP contribution in [0.1, 0.15) is 32.9 Å². The van der Waals surface area contributed by atoms with Crippen molar-refractivity contribution in [1.82, 2.24) is 10.6 Å². The summed E-state index contributed by atoms with van der Waals surface area (Å²) in [6, 6.07) is 5.30. The zero-order valence-electron chi connectivity index (χ0n) is 14.3. The Labute approximate surface area is 141 Å². The van der Waals surface area contributed by atoms with Gasteiger partial charge in [-0.25, -0.2) is 4.79 Å². The van der Waals surface area contributed by atoms with E-state index in [0.717, 1.165) is 0 Å². The van der Waals surface area contributed by atoms with Crippen LogP contribution in [0.2, 0.25) is 0 Å². The summed E-state index contributed by atoms with van der Waals surface area (Å²) in [6.45, 7) is 6.35. The molecule has 0 atom stereocenters. The van der Waals surface area contributed by atoms with Crippen LogP contribution < -0.4 is 15.2 Å². The molecule has 0 aromatic carbocycles. The zero-order chi connectivity index (χ0) is 18.0. The first-order valence-electron chi connectivity index (χ1n) is 7.71. The topological polar surface area (TPSA) is 104 Å². The van der Waals surface area contributed by atoms with E-state index in [2.05, 4.69) is 15.8 Å². The highest BCUT2D eigenvalue weighted by atomic mass is 16.6. The minimum atomic E-state index is -0.527. The molecule has 0 bridgehead atoms. The molecular formula is C16H25N4O4+. The maximum Gasteiger partial charge on any atom is 0.407 e. The lowest BCUT2D eigenvalue weighted by Crippen LogP contribution is -2.46. The average Bonchev–Trinajstić information content (AvgIpc) is 2.47. The van der Waals surface area contributed by atoms with Crippen LogP contribution in [0.5, 0.6) is 0 Å². The first-order valence-corrected chi connectivity index (χ1v) is 7.71. The van der Waals surface area contributed by atoms with Gasteiger partial charge < -0.3 is 20.6 Å². The van der Waals surface area contributed by atoms with E-state index in [1.807, 2.05) is 0 Å². The maximum absolute atomic E-state index is 11.9. The van der Waals surface area contributed by atoms with Crippen LogP contribution in [-0.4, -0.2) is 42.1 Å². The molecular weight excluding hydrogens is 312 g/mol. The van der Waals surface area contributed by atoms with Gasteiger partial charge in [-0.3, -0.25) is 4.79 Å². The average molecular weight is 337 g/mol. The zero-order valence-corrected chi connectivity index (χ0v) is 14.3. The second-order valence-corrected chi connectivity index (χ2v) is 6.13. The summed E-state index contributed by atoms with van der Waals surface area (Å²) in [7, 11) is 0. The van der Waals surface area contributed by atoms with Crippen LogP contribution in [0.25, 0.3) is 0 Å². The van der Waals surface area contributed by atoms with Crippen molar-refractivity contribution >= 4 is 18.2 Å². The van der Waals surface area contributed by atoms with Gasteiger partial charge >= 0.3 is 6.09 Å². The second-order valence-electron chi connectivity index (χ2n) is 6.13. The third-order valence-corrected chi connectivity index (χ3v) is 2.82. The van der Waals surface area contributed by atoms with Gasteiger partial charge in [0.2, 0.25) is 12.2 Å². The molecule has 0 fully saturated rings. The van der Waals surface area contributed by atoms with Crippen LogP contribution in [0.4, 0.5) is 4.79 Å². The first kappa shape index (κ1) is 19.4. The fraction of sp³-hybridized carbons (Fsp3) is 0.500. The molecule has 1 aromatic heterocycles. The lowest BCUT2D eigenvalue weighted by Gasteiger charge is -2.19. The summed E-state index contributed by atoms with van der Waals surface area (Å²) >= 11 is 0. The molecule has 0 aliphatic carbocycles. The van der Waals surface area contributed by atoms with E-state index in [1.165, 1.54) is 6.21 Å². The van der Waals surface area contributed by atoms with Crippen LogP contribution >= 0.6 is 0 Å². The van der Waals surface area contributed by atoms with Crippen LogP contribution in [-0.2, 0) is 16.1 Å². The number of nitrogens with zero attached hydrogens (tertiary/aromatic N) is 2. The molecule has 1 rings (SSSR count). The summed E-state index contributed by atoms with van der Waals surface area (Å²) in [5.41, 5.74) is 0.0857. The first-order chi connectivity index (χ1) is 11.3. The van der Waals surface area contributed by atoms with Crippen molar-refractivity contribution in [2.45, 2.75) is 39.3 Å². The fourth-order valence-electron chi connectivity index (χ4n) is 1.84. The van der Waals surface area contributed by atoms with E-state index in [0.29, 0.717) is 25.2 Å². The van der Waals surface area contributed by atoms with E-state index in [4.69, 9.17) is 9.94 Å². The van der Waals surface area contributed by atoms with Gasteiger partial charge in [-0.2, -0.15) is 4.57 Å². The number of pyridine rings is 1. The SMILES string of the molecule is CC(C)(C)OC(=O)NCCCNC(=O)C[n+]1ccccc1/C=N/O. The number of nitrogens with one attached hydrogen (secondary N) is 2.